The molecule has 0 radical (unpaired) electrons. The Morgan fingerprint density at radius 2 is 1.93 bits per heavy atom. The minimum absolute atomic E-state index is 0.0616. The van der Waals surface area contributed by atoms with Gasteiger partial charge in [0.2, 0.25) is 0 Å². The molecule has 2 aromatic rings. The SMILES string of the molecule is CC1CCCN(C(=O)c2ccc(NC(=O)NCCCn3cnnc3)cc2)C1. The lowest BCUT2D eigenvalue weighted by Crippen LogP contribution is -2.39. The van der Waals surface area contributed by atoms with E-state index in [1.165, 1.54) is 6.42 Å². The third-order valence-electron chi connectivity index (χ3n) is 4.68. The van der Waals surface area contributed by atoms with Crippen LogP contribution in [-0.2, 0) is 6.54 Å². The van der Waals surface area contributed by atoms with Gasteiger partial charge in [-0.3, -0.25) is 4.79 Å². The zero-order valence-electron chi connectivity index (χ0n) is 15.6. The van der Waals surface area contributed by atoms with Crippen LogP contribution in [0.15, 0.2) is 36.9 Å². The van der Waals surface area contributed by atoms with Gasteiger partial charge < -0.3 is 20.1 Å². The van der Waals surface area contributed by atoms with Crippen molar-refractivity contribution in [2.75, 3.05) is 25.0 Å². The molecule has 1 aliphatic heterocycles. The number of aromatic nitrogens is 3. The summed E-state index contributed by atoms with van der Waals surface area (Å²) < 4.78 is 1.86. The van der Waals surface area contributed by atoms with Gasteiger partial charge in [0.1, 0.15) is 12.7 Å². The van der Waals surface area contributed by atoms with E-state index in [2.05, 4.69) is 27.8 Å². The van der Waals surface area contributed by atoms with Gasteiger partial charge in [-0.25, -0.2) is 4.79 Å². The Morgan fingerprint density at radius 3 is 2.63 bits per heavy atom. The number of anilines is 1. The Hall–Kier alpha value is -2.90. The van der Waals surface area contributed by atoms with Crippen molar-refractivity contribution >= 4 is 17.6 Å². The van der Waals surface area contributed by atoms with Crippen molar-refractivity contribution < 1.29 is 9.59 Å². The zero-order chi connectivity index (χ0) is 19.1. The lowest BCUT2D eigenvalue weighted by molar-refractivity contribution is 0.0683. The van der Waals surface area contributed by atoms with Crippen molar-refractivity contribution in [1.29, 1.82) is 0 Å². The molecule has 1 aromatic carbocycles. The fraction of sp³-hybridized carbons (Fsp3) is 0.474. The second kappa shape index (κ2) is 9.16. The monoisotopic (exact) mass is 370 g/mol. The number of carbonyl (C=O) groups is 2. The molecule has 1 saturated heterocycles. The minimum atomic E-state index is -0.261. The van der Waals surface area contributed by atoms with Crippen LogP contribution in [0.25, 0.3) is 0 Å². The van der Waals surface area contributed by atoms with Crippen molar-refractivity contribution in [1.82, 2.24) is 25.0 Å². The molecule has 1 aromatic heterocycles. The number of nitrogens with zero attached hydrogens (tertiary/aromatic N) is 4. The van der Waals surface area contributed by atoms with E-state index >= 15 is 0 Å². The molecule has 27 heavy (non-hydrogen) atoms. The van der Waals surface area contributed by atoms with Gasteiger partial charge in [0, 0.05) is 37.4 Å². The first kappa shape index (κ1) is 18.9. The predicted molar refractivity (Wildman–Crippen MR) is 102 cm³/mol. The highest BCUT2D eigenvalue weighted by molar-refractivity contribution is 5.95. The molecule has 1 fully saturated rings. The number of benzene rings is 1. The van der Waals surface area contributed by atoms with E-state index in [1.54, 1.807) is 36.9 Å². The number of rotatable bonds is 6. The average Bonchev–Trinajstić information content (AvgIpc) is 3.19. The molecule has 0 bridgehead atoms. The van der Waals surface area contributed by atoms with E-state index in [0.29, 0.717) is 23.7 Å². The van der Waals surface area contributed by atoms with Crippen LogP contribution in [0.1, 0.15) is 36.5 Å². The van der Waals surface area contributed by atoms with Crippen LogP contribution in [0.4, 0.5) is 10.5 Å². The summed E-state index contributed by atoms with van der Waals surface area (Å²) in [4.78, 5) is 26.4. The number of hydrogen-bond donors (Lipinski definition) is 2. The molecule has 3 rings (SSSR count). The second-order valence-corrected chi connectivity index (χ2v) is 7.01. The first-order chi connectivity index (χ1) is 13.1. The van der Waals surface area contributed by atoms with E-state index in [-0.39, 0.29) is 11.9 Å². The van der Waals surface area contributed by atoms with Crippen molar-refractivity contribution in [3.8, 4) is 0 Å². The number of piperidine rings is 1. The van der Waals surface area contributed by atoms with E-state index in [1.807, 2.05) is 9.47 Å². The number of urea groups is 1. The van der Waals surface area contributed by atoms with Crippen molar-refractivity contribution in [2.45, 2.75) is 32.7 Å². The first-order valence-corrected chi connectivity index (χ1v) is 9.38. The molecule has 1 unspecified atom stereocenters. The summed E-state index contributed by atoms with van der Waals surface area (Å²) in [5, 5.41) is 13.1. The van der Waals surface area contributed by atoms with Gasteiger partial charge >= 0.3 is 6.03 Å². The maximum atomic E-state index is 12.6. The van der Waals surface area contributed by atoms with Crippen LogP contribution in [0.5, 0.6) is 0 Å². The molecule has 144 valence electrons. The number of aryl methyl sites for hydroxylation is 1. The standard InChI is InChI=1S/C19H26N6O2/c1-15-4-2-11-25(12-15)18(26)16-5-7-17(8-6-16)23-19(27)20-9-3-10-24-13-21-22-14-24/h5-8,13-15H,2-4,9-12H2,1H3,(H2,20,23,27). The Labute approximate surface area is 159 Å². The molecule has 0 saturated carbocycles. The van der Waals surface area contributed by atoms with Gasteiger partial charge in [0.25, 0.3) is 5.91 Å². The lowest BCUT2D eigenvalue weighted by Gasteiger charge is -2.31. The molecule has 1 atom stereocenters. The minimum Gasteiger partial charge on any atom is -0.338 e. The van der Waals surface area contributed by atoms with Crippen LogP contribution >= 0.6 is 0 Å². The Bertz CT molecular complexity index is 744. The lowest BCUT2D eigenvalue weighted by atomic mass is 9.99. The van der Waals surface area contributed by atoms with E-state index in [0.717, 1.165) is 32.5 Å². The van der Waals surface area contributed by atoms with Gasteiger partial charge in [-0.05, 0) is 49.4 Å². The van der Waals surface area contributed by atoms with Crippen molar-refractivity contribution in [2.24, 2.45) is 5.92 Å². The Morgan fingerprint density at radius 1 is 1.19 bits per heavy atom. The molecule has 0 spiro atoms. The third-order valence-corrected chi connectivity index (χ3v) is 4.68. The number of hydrogen-bond acceptors (Lipinski definition) is 4. The number of carbonyl (C=O) groups excluding carboxylic acids is 2. The van der Waals surface area contributed by atoms with Crippen molar-refractivity contribution in [3.05, 3.63) is 42.5 Å². The quantitative estimate of drug-likeness (QED) is 0.764. The summed E-state index contributed by atoms with van der Waals surface area (Å²) in [6.07, 6.45) is 6.32. The van der Waals surface area contributed by atoms with E-state index < -0.39 is 0 Å². The van der Waals surface area contributed by atoms with Crippen molar-refractivity contribution in [3.63, 3.8) is 0 Å². The smallest absolute Gasteiger partial charge is 0.319 e. The molecule has 1 aliphatic rings. The average molecular weight is 370 g/mol. The molecule has 8 nitrogen and oxygen atoms in total. The van der Waals surface area contributed by atoms with Crippen LogP contribution < -0.4 is 10.6 Å². The van der Waals surface area contributed by atoms with Crippen LogP contribution in [0.2, 0.25) is 0 Å². The fourth-order valence-electron chi connectivity index (χ4n) is 3.23. The van der Waals surface area contributed by atoms with Gasteiger partial charge in [-0.1, -0.05) is 6.92 Å². The van der Waals surface area contributed by atoms with Crippen LogP contribution in [0.3, 0.4) is 0 Å². The summed E-state index contributed by atoms with van der Waals surface area (Å²) in [6.45, 7) is 5.11. The largest absolute Gasteiger partial charge is 0.338 e. The fourth-order valence-corrected chi connectivity index (χ4v) is 3.23. The normalized spacial score (nSPS) is 16.8. The van der Waals surface area contributed by atoms with Gasteiger partial charge in [-0.15, -0.1) is 10.2 Å². The van der Waals surface area contributed by atoms with E-state index in [9.17, 15) is 9.59 Å². The maximum absolute atomic E-state index is 12.6. The highest BCUT2D eigenvalue weighted by atomic mass is 16.2. The third kappa shape index (κ3) is 5.54. The molecule has 2 heterocycles. The van der Waals surface area contributed by atoms with Crippen LogP contribution in [-0.4, -0.2) is 51.2 Å². The highest BCUT2D eigenvalue weighted by Crippen LogP contribution is 2.19. The molecular formula is C19H26N6O2. The van der Waals surface area contributed by atoms with Gasteiger partial charge in [-0.2, -0.15) is 0 Å². The number of amides is 3. The topological polar surface area (TPSA) is 92.2 Å². The first-order valence-electron chi connectivity index (χ1n) is 9.38. The summed E-state index contributed by atoms with van der Waals surface area (Å²) in [5.41, 5.74) is 1.32. The zero-order valence-corrected chi connectivity index (χ0v) is 15.6. The molecular weight excluding hydrogens is 344 g/mol. The van der Waals surface area contributed by atoms with E-state index in [4.69, 9.17) is 0 Å². The summed E-state index contributed by atoms with van der Waals surface area (Å²) in [7, 11) is 0. The second-order valence-electron chi connectivity index (χ2n) is 7.01. The molecule has 0 aliphatic carbocycles. The van der Waals surface area contributed by atoms with Gasteiger partial charge in [0.15, 0.2) is 0 Å². The maximum Gasteiger partial charge on any atom is 0.319 e. The van der Waals surface area contributed by atoms with Gasteiger partial charge in [0.05, 0.1) is 0 Å². The Kier molecular flexibility index (Phi) is 6.40. The summed E-state index contributed by atoms with van der Waals surface area (Å²) >= 11 is 0. The highest BCUT2D eigenvalue weighted by Gasteiger charge is 2.21. The summed E-state index contributed by atoms with van der Waals surface area (Å²) in [5.74, 6) is 0.615. The predicted octanol–water partition coefficient (Wildman–Crippen LogP) is 2.36. The Balaban J connectivity index is 1.42. The van der Waals surface area contributed by atoms with Crippen LogP contribution in [0, 0.1) is 5.92 Å². The molecule has 3 amide bonds. The molecule has 8 heteroatoms. The number of likely N-dealkylation sites (tertiary alicyclic amines) is 1. The summed E-state index contributed by atoms with van der Waals surface area (Å²) in [6, 6.07) is 6.80. The number of nitrogens with one attached hydrogen (secondary N) is 2. The molecule has 2 N–H and O–H groups in total.